The van der Waals surface area contributed by atoms with Crippen LogP contribution >= 0.6 is 0 Å². The number of nitrogens with one attached hydrogen (secondary N) is 1. The van der Waals surface area contributed by atoms with Crippen molar-refractivity contribution >= 4 is 10.0 Å². The van der Waals surface area contributed by atoms with Gasteiger partial charge in [-0.1, -0.05) is 29.8 Å². The van der Waals surface area contributed by atoms with E-state index in [1.165, 1.54) is 18.2 Å². The molecular weight excluding hydrogens is 305 g/mol. The van der Waals surface area contributed by atoms with Crippen LogP contribution in [0.1, 0.15) is 11.1 Å². The lowest BCUT2D eigenvalue weighted by molar-refractivity contribution is 0.320. The molecular formula is C16H18FNO3S. The molecule has 0 fully saturated rings. The number of sulfonamides is 1. The number of hydrogen-bond donors (Lipinski definition) is 1. The van der Waals surface area contributed by atoms with Gasteiger partial charge in [0.05, 0.1) is 0 Å². The Morgan fingerprint density at radius 2 is 1.86 bits per heavy atom. The number of benzene rings is 2. The Morgan fingerprint density at radius 1 is 1.14 bits per heavy atom. The van der Waals surface area contributed by atoms with Gasteiger partial charge in [-0.25, -0.2) is 17.5 Å². The normalized spacial score (nSPS) is 11.4. The van der Waals surface area contributed by atoms with Crippen molar-refractivity contribution in [1.29, 1.82) is 0 Å². The second-order valence-corrected chi connectivity index (χ2v) is 6.68. The van der Waals surface area contributed by atoms with E-state index in [0.29, 0.717) is 5.75 Å². The fourth-order valence-corrected chi connectivity index (χ4v) is 3.13. The third-order valence-electron chi connectivity index (χ3n) is 3.11. The molecule has 118 valence electrons. The lowest BCUT2D eigenvalue weighted by Gasteiger charge is -2.11. The minimum atomic E-state index is -3.87. The molecule has 0 aliphatic heterocycles. The van der Waals surface area contributed by atoms with Crippen molar-refractivity contribution in [2.75, 3.05) is 13.2 Å². The molecule has 4 nitrogen and oxygen atoms in total. The topological polar surface area (TPSA) is 55.4 Å². The highest BCUT2D eigenvalue weighted by molar-refractivity contribution is 7.89. The fraction of sp³-hybridized carbons (Fsp3) is 0.250. The Kier molecular flexibility index (Phi) is 5.15. The van der Waals surface area contributed by atoms with Crippen LogP contribution in [-0.4, -0.2) is 21.6 Å². The number of ether oxygens (including phenoxy) is 1. The van der Waals surface area contributed by atoms with Crippen LogP contribution in [0, 0.1) is 19.7 Å². The Hall–Kier alpha value is -1.92. The summed E-state index contributed by atoms with van der Waals surface area (Å²) < 4.78 is 45.3. The summed E-state index contributed by atoms with van der Waals surface area (Å²) >= 11 is 0. The number of halogens is 1. The molecule has 0 atom stereocenters. The average Bonchev–Trinajstić information content (AvgIpc) is 2.45. The van der Waals surface area contributed by atoms with Gasteiger partial charge in [-0.05, 0) is 37.6 Å². The van der Waals surface area contributed by atoms with E-state index in [0.717, 1.165) is 17.2 Å². The van der Waals surface area contributed by atoms with E-state index in [4.69, 9.17) is 4.74 Å². The zero-order valence-electron chi connectivity index (χ0n) is 12.5. The summed E-state index contributed by atoms with van der Waals surface area (Å²) in [4.78, 5) is -0.360. The van der Waals surface area contributed by atoms with Gasteiger partial charge in [-0.3, -0.25) is 0 Å². The van der Waals surface area contributed by atoms with Crippen LogP contribution in [0.3, 0.4) is 0 Å². The molecule has 0 aliphatic carbocycles. The summed E-state index contributed by atoms with van der Waals surface area (Å²) in [6, 6.07) is 11.0. The van der Waals surface area contributed by atoms with E-state index in [2.05, 4.69) is 4.72 Å². The number of aryl methyl sites for hydroxylation is 2. The summed E-state index contributed by atoms with van der Waals surface area (Å²) in [6.07, 6.45) is 0. The van der Waals surface area contributed by atoms with E-state index in [9.17, 15) is 12.8 Å². The van der Waals surface area contributed by atoms with Crippen LogP contribution in [0.5, 0.6) is 5.75 Å². The molecule has 22 heavy (non-hydrogen) atoms. The predicted molar refractivity (Wildman–Crippen MR) is 83.0 cm³/mol. The third-order valence-corrected chi connectivity index (χ3v) is 4.60. The molecule has 0 saturated heterocycles. The van der Waals surface area contributed by atoms with E-state index < -0.39 is 15.8 Å². The third kappa shape index (κ3) is 4.05. The molecule has 6 heteroatoms. The van der Waals surface area contributed by atoms with Gasteiger partial charge < -0.3 is 4.74 Å². The Labute approximate surface area is 130 Å². The van der Waals surface area contributed by atoms with Gasteiger partial charge in [0.2, 0.25) is 10.0 Å². The van der Waals surface area contributed by atoms with E-state index in [1.807, 2.05) is 32.0 Å². The molecule has 0 aromatic heterocycles. The average molecular weight is 323 g/mol. The first-order valence-corrected chi connectivity index (χ1v) is 8.33. The molecule has 1 N–H and O–H groups in total. The van der Waals surface area contributed by atoms with Crippen LogP contribution in [0.4, 0.5) is 4.39 Å². The van der Waals surface area contributed by atoms with Crippen LogP contribution in [0.2, 0.25) is 0 Å². The van der Waals surface area contributed by atoms with Crippen LogP contribution in [-0.2, 0) is 10.0 Å². The monoisotopic (exact) mass is 323 g/mol. The van der Waals surface area contributed by atoms with Crippen LogP contribution in [0.15, 0.2) is 47.4 Å². The Bertz CT molecular complexity index is 760. The van der Waals surface area contributed by atoms with Crippen molar-refractivity contribution in [3.05, 3.63) is 59.4 Å². The SMILES string of the molecule is Cc1ccc(OCCNS(=O)(=O)c2ccccc2F)c(C)c1. The van der Waals surface area contributed by atoms with Crippen molar-refractivity contribution in [1.82, 2.24) is 4.72 Å². The van der Waals surface area contributed by atoms with E-state index in [1.54, 1.807) is 0 Å². The molecule has 2 rings (SSSR count). The zero-order valence-corrected chi connectivity index (χ0v) is 13.3. The summed E-state index contributed by atoms with van der Waals surface area (Å²) in [7, 11) is -3.87. The highest BCUT2D eigenvalue weighted by atomic mass is 32.2. The number of rotatable bonds is 6. The molecule has 0 spiro atoms. The first-order chi connectivity index (χ1) is 10.4. The van der Waals surface area contributed by atoms with Crippen molar-refractivity contribution in [2.45, 2.75) is 18.7 Å². The molecule has 0 amide bonds. The summed E-state index contributed by atoms with van der Waals surface area (Å²) in [5.41, 5.74) is 2.11. The van der Waals surface area contributed by atoms with Crippen molar-refractivity contribution in [2.24, 2.45) is 0 Å². The van der Waals surface area contributed by atoms with Crippen molar-refractivity contribution < 1.29 is 17.5 Å². The molecule has 0 unspecified atom stereocenters. The molecule has 0 saturated carbocycles. The fourth-order valence-electron chi connectivity index (χ4n) is 2.04. The van der Waals surface area contributed by atoms with Gasteiger partial charge in [-0.15, -0.1) is 0 Å². The first-order valence-electron chi connectivity index (χ1n) is 6.84. The molecule has 0 bridgehead atoms. The van der Waals surface area contributed by atoms with Crippen LogP contribution < -0.4 is 9.46 Å². The maximum atomic E-state index is 13.5. The molecule has 2 aromatic carbocycles. The second-order valence-electron chi connectivity index (χ2n) is 4.95. The Morgan fingerprint density at radius 3 is 2.55 bits per heavy atom. The van der Waals surface area contributed by atoms with Gasteiger partial charge in [0, 0.05) is 6.54 Å². The van der Waals surface area contributed by atoms with Gasteiger partial charge in [0.25, 0.3) is 0 Å². The minimum absolute atomic E-state index is 0.0595. The molecule has 0 aliphatic rings. The smallest absolute Gasteiger partial charge is 0.243 e. The summed E-state index contributed by atoms with van der Waals surface area (Å²) in [5.74, 6) is -0.0685. The molecule has 0 heterocycles. The van der Waals surface area contributed by atoms with Crippen molar-refractivity contribution in [3.8, 4) is 5.75 Å². The van der Waals surface area contributed by atoms with Gasteiger partial charge >= 0.3 is 0 Å². The quantitative estimate of drug-likeness (QED) is 0.832. The van der Waals surface area contributed by atoms with Gasteiger partial charge in [-0.2, -0.15) is 0 Å². The van der Waals surface area contributed by atoms with E-state index >= 15 is 0 Å². The number of hydrogen-bond acceptors (Lipinski definition) is 3. The minimum Gasteiger partial charge on any atom is -0.492 e. The summed E-state index contributed by atoms with van der Waals surface area (Å²) in [5, 5.41) is 0. The maximum Gasteiger partial charge on any atom is 0.243 e. The molecule has 0 radical (unpaired) electrons. The predicted octanol–water partition coefficient (Wildman–Crippen LogP) is 2.80. The van der Waals surface area contributed by atoms with Gasteiger partial charge in [0.15, 0.2) is 0 Å². The highest BCUT2D eigenvalue weighted by Gasteiger charge is 2.17. The largest absolute Gasteiger partial charge is 0.492 e. The van der Waals surface area contributed by atoms with Gasteiger partial charge in [0.1, 0.15) is 23.1 Å². The molecule has 2 aromatic rings. The zero-order chi connectivity index (χ0) is 16.2. The van der Waals surface area contributed by atoms with Crippen molar-refractivity contribution in [3.63, 3.8) is 0 Å². The van der Waals surface area contributed by atoms with E-state index in [-0.39, 0.29) is 18.0 Å². The first kappa shape index (κ1) is 16.5. The maximum absolute atomic E-state index is 13.5. The Balaban J connectivity index is 1.92. The highest BCUT2D eigenvalue weighted by Crippen LogP contribution is 2.18. The summed E-state index contributed by atoms with van der Waals surface area (Å²) in [6.45, 7) is 4.13. The standard InChI is InChI=1S/C16H18FNO3S/c1-12-7-8-15(13(2)11-12)21-10-9-18-22(19,20)16-6-4-3-5-14(16)17/h3-8,11,18H,9-10H2,1-2H3. The lowest BCUT2D eigenvalue weighted by Crippen LogP contribution is -2.29. The second kappa shape index (κ2) is 6.89. The van der Waals surface area contributed by atoms with Crippen LogP contribution in [0.25, 0.3) is 0 Å². The lowest BCUT2D eigenvalue weighted by atomic mass is 10.1.